The molecule has 2 nitrogen and oxygen atoms in total. The molecule has 0 saturated carbocycles. The van der Waals surface area contributed by atoms with Gasteiger partial charge < -0.3 is 5.73 Å². The van der Waals surface area contributed by atoms with Gasteiger partial charge in [0.2, 0.25) is 0 Å². The molecule has 1 aliphatic heterocycles. The summed E-state index contributed by atoms with van der Waals surface area (Å²) in [6, 6.07) is 10.1. The van der Waals surface area contributed by atoms with Gasteiger partial charge in [-0.2, -0.15) is 0 Å². The van der Waals surface area contributed by atoms with Crippen molar-refractivity contribution < 1.29 is 0 Å². The topological polar surface area (TPSA) is 29.3 Å². The second-order valence-electron chi connectivity index (χ2n) is 6.00. The van der Waals surface area contributed by atoms with Gasteiger partial charge in [0.15, 0.2) is 0 Å². The highest BCUT2D eigenvalue weighted by molar-refractivity contribution is 5.24. The van der Waals surface area contributed by atoms with Crippen molar-refractivity contribution >= 4 is 0 Å². The van der Waals surface area contributed by atoms with Gasteiger partial charge in [-0.05, 0) is 36.8 Å². The molecule has 1 aromatic carbocycles. The van der Waals surface area contributed by atoms with E-state index >= 15 is 0 Å². The quantitative estimate of drug-likeness (QED) is 0.888. The predicted octanol–water partition coefficient (Wildman–Crippen LogP) is 3.12. The fraction of sp³-hybridized carbons (Fsp3) is 0.625. The standard InChI is InChI=1S/C16H26N2/c1-12(2)15-6-4-14(5-7-15)11-18-9-8-16(17)10-13(18)3/h4-7,12-13,16H,8-11,17H2,1-3H3. The third kappa shape index (κ3) is 3.33. The molecule has 1 saturated heterocycles. The van der Waals surface area contributed by atoms with Crippen LogP contribution in [0, 0.1) is 0 Å². The van der Waals surface area contributed by atoms with Crippen LogP contribution in [0.25, 0.3) is 0 Å². The molecule has 0 amide bonds. The van der Waals surface area contributed by atoms with E-state index in [0.717, 1.165) is 25.9 Å². The van der Waals surface area contributed by atoms with E-state index in [9.17, 15) is 0 Å². The van der Waals surface area contributed by atoms with Crippen molar-refractivity contribution in [2.45, 2.75) is 58.2 Å². The van der Waals surface area contributed by atoms with Gasteiger partial charge in [-0.3, -0.25) is 4.90 Å². The largest absolute Gasteiger partial charge is 0.328 e. The maximum Gasteiger partial charge on any atom is 0.0236 e. The van der Waals surface area contributed by atoms with Gasteiger partial charge in [-0.15, -0.1) is 0 Å². The minimum absolute atomic E-state index is 0.402. The Labute approximate surface area is 111 Å². The first-order valence-electron chi connectivity index (χ1n) is 7.14. The van der Waals surface area contributed by atoms with Crippen LogP contribution in [0.15, 0.2) is 24.3 Å². The molecular weight excluding hydrogens is 220 g/mol. The number of rotatable bonds is 3. The van der Waals surface area contributed by atoms with Gasteiger partial charge in [-0.25, -0.2) is 0 Å². The maximum absolute atomic E-state index is 6.01. The highest BCUT2D eigenvalue weighted by Gasteiger charge is 2.22. The molecule has 1 heterocycles. The molecule has 0 bridgehead atoms. The van der Waals surface area contributed by atoms with Gasteiger partial charge in [0.1, 0.15) is 0 Å². The van der Waals surface area contributed by atoms with E-state index in [0.29, 0.717) is 18.0 Å². The molecule has 1 fully saturated rings. The minimum Gasteiger partial charge on any atom is -0.328 e. The summed E-state index contributed by atoms with van der Waals surface area (Å²) in [4.78, 5) is 2.55. The fourth-order valence-corrected chi connectivity index (χ4v) is 2.73. The molecule has 2 unspecified atom stereocenters. The number of hydrogen-bond donors (Lipinski definition) is 1. The van der Waals surface area contributed by atoms with Crippen LogP contribution in [0.5, 0.6) is 0 Å². The monoisotopic (exact) mass is 246 g/mol. The average molecular weight is 246 g/mol. The van der Waals surface area contributed by atoms with Crippen LogP contribution in [0.2, 0.25) is 0 Å². The maximum atomic E-state index is 6.01. The molecular formula is C16H26N2. The second-order valence-corrected chi connectivity index (χ2v) is 6.00. The number of benzene rings is 1. The van der Waals surface area contributed by atoms with Crippen LogP contribution in [0.3, 0.4) is 0 Å². The first-order valence-corrected chi connectivity index (χ1v) is 7.14. The molecule has 1 aromatic rings. The molecule has 2 rings (SSSR count). The van der Waals surface area contributed by atoms with Crippen LogP contribution < -0.4 is 5.73 Å². The van der Waals surface area contributed by atoms with Crippen molar-refractivity contribution in [3.63, 3.8) is 0 Å². The fourth-order valence-electron chi connectivity index (χ4n) is 2.73. The van der Waals surface area contributed by atoms with E-state index in [-0.39, 0.29) is 0 Å². The highest BCUT2D eigenvalue weighted by atomic mass is 15.2. The van der Waals surface area contributed by atoms with Gasteiger partial charge in [-0.1, -0.05) is 38.1 Å². The number of hydrogen-bond acceptors (Lipinski definition) is 2. The molecule has 2 N–H and O–H groups in total. The molecule has 0 aliphatic carbocycles. The van der Waals surface area contributed by atoms with E-state index < -0.39 is 0 Å². The summed E-state index contributed by atoms with van der Waals surface area (Å²) in [6.07, 6.45) is 2.26. The van der Waals surface area contributed by atoms with Crippen molar-refractivity contribution in [1.82, 2.24) is 4.90 Å². The number of likely N-dealkylation sites (tertiary alicyclic amines) is 1. The molecule has 0 spiro atoms. The Morgan fingerprint density at radius 2 is 1.94 bits per heavy atom. The van der Waals surface area contributed by atoms with E-state index in [1.807, 2.05) is 0 Å². The Kier molecular flexibility index (Phi) is 4.41. The number of nitrogens with zero attached hydrogens (tertiary/aromatic N) is 1. The molecule has 100 valence electrons. The van der Waals surface area contributed by atoms with Crippen molar-refractivity contribution in [3.05, 3.63) is 35.4 Å². The van der Waals surface area contributed by atoms with Crippen LogP contribution in [0.4, 0.5) is 0 Å². The van der Waals surface area contributed by atoms with E-state index in [1.54, 1.807) is 0 Å². The van der Waals surface area contributed by atoms with E-state index in [4.69, 9.17) is 5.73 Å². The third-order valence-corrected chi connectivity index (χ3v) is 4.09. The lowest BCUT2D eigenvalue weighted by atomic mass is 9.97. The zero-order valence-electron chi connectivity index (χ0n) is 11.9. The highest BCUT2D eigenvalue weighted by Crippen LogP contribution is 2.20. The Morgan fingerprint density at radius 3 is 2.50 bits per heavy atom. The lowest BCUT2D eigenvalue weighted by Crippen LogP contribution is -2.44. The van der Waals surface area contributed by atoms with Gasteiger partial charge in [0, 0.05) is 25.2 Å². The minimum atomic E-state index is 0.402. The Bertz CT molecular complexity index is 369. The summed E-state index contributed by atoms with van der Waals surface area (Å²) in [6.45, 7) is 8.97. The molecule has 2 atom stereocenters. The summed E-state index contributed by atoms with van der Waals surface area (Å²) < 4.78 is 0. The van der Waals surface area contributed by atoms with E-state index in [2.05, 4.69) is 49.9 Å². The summed E-state index contributed by atoms with van der Waals surface area (Å²) in [7, 11) is 0. The Hall–Kier alpha value is -0.860. The van der Waals surface area contributed by atoms with Crippen LogP contribution in [-0.2, 0) is 6.54 Å². The first-order chi connectivity index (χ1) is 8.56. The third-order valence-electron chi connectivity index (χ3n) is 4.09. The molecule has 18 heavy (non-hydrogen) atoms. The Morgan fingerprint density at radius 1 is 1.28 bits per heavy atom. The molecule has 2 heteroatoms. The molecule has 0 aromatic heterocycles. The van der Waals surface area contributed by atoms with Crippen LogP contribution >= 0.6 is 0 Å². The van der Waals surface area contributed by atoms with Gasteiger partial charge >= 0.3 is 0 Å². The van der Waals surface area contributed by atoms with Crippen molar-refractivity contribution in [3.8, 4) is 0 Å². The smallest absolute Gasteiger partial charge is 0.0236 e. The first kappa shape index (κ1) is 13.6. The number of nitrogens with two attached hydrogens (primary N) is 1. The zero-order chi connectivity index (χ0) is 13.1. The summed E-state index contributed by atoms with van der Waals surface area (Å²) in [5.74, 6) is 0.617. The number of piperidine rings is 1. The Balaban J connectivity index is 1.96. The predicted molar refractivity (Wildman–Crippen MR) is 77.6 cm³/mol. The lowest BCUT2D eigenvalue weighted by Gasteiger charge is -2.36. The average Bonchev–Trinajstić information content (AvgIpc) is 2.33. The lowest BCUT2D eigenvalue weighted by molar-refractivity contribution is 0.140. The van der Waals surface area contributed by atoms with Crippen molar-refractivity contribution in [2.75, 3.05) is 6.54 Å². The SMILES string of the molecule is CC(C)c1ccc(CN2CCC(N)CC2C)cc1. The molecule has 0 radical (unpaired) electrons. The summed E-state index contributed by atoms with van der Waals surface area (Å²) in [5, 5.41) is 0. The van der Waals surface area contributed by atoms with Crippen molar-refractivity contribution in [2.24, 2.45) is 5.73 Å². The molecule has 1 aliphatic rings. The van der Waals surface area contributed by atoms with Gasteiger partial charge in [0.05, 0.1) is 0 Å². The van der Waals surface area contributed by atoms with Gasteiger partial charge in [0.25, 0.3) is 0 Å². The zero-order valence-corrected chi connectivity index (χ0v) is 11.9. The second kappa shape index (κ2) is 5.85. The normalized spacial score (nSPS) is 25.6. The summed E-state index contributed by atoms with van der Waals surface area (Å²) in [5.41, 5.74) is 8.85. The van der Waals surface area contributed by atoms with Crippen molar-refractivity contribution in [1.29, 1.82) is 0 Å². The summed E-state index contributed by atoms with van der Waals surface area (Å²) >= 11 is 0. The van der Waals surface area contributed by atoms with Crippen LogP contribution in [-0.4, -0.2) is 23.5 Å². The van der Waals surface area contributed by atoms with E-state index in [1.165, 1.54) is 11.1 Å². The van der Waals surface area contributed by atoms with Crippen LogP contribution in [0.1, 0.15) is 50.7 Å².